The molecule has 21 heavy (non-hydrogen) atoms. The molecule has 1 rings (SSSR count). The standard InChI is InChI=1S/C13H19NO5S2/c1-9(8-20-4)14(2)21(17,18)12-6-5-10(13(15)16)7-11(12)19-3/h5-7,9H,8H2,1-4H3,(H,15,16). The van der Waals surface area contributed by atoms with Crippen molar-refractivity contribution in [3.8, 4) is 5.75 Å². The Kier molecular flexibility index (Phi) is 6.06. The molecule has 0 aliphatic heterocycles. The third-order valence-electron chi connectivity index (χ3n) is 3.10. The van der Waals surface area contributed by atoms with Gasteiger partial charge in [-0.3, -0.25) is 0 Å². The van der Waals surface area contributed by atoms with E-state index in [0.29, 0.717) is 5.75 Å². The summed E-state index contributed by atoms with van der Waals surface area (Å²) in [5.41, 5.74) is -0.0226. The molecule has 0 radical (unpaired) electrons. The summed E-state index contributed by atoms with van der Waals surface area (Å²) >= 11 is 1.55. The average Bonchev–Trinajstić information content (AvgIpc) is 2.45. The van der Waals surface area contributed by atoms with Crippen molar-refractivity contribution in [1.82, 2.24) is 4.31 Å². The summed E-state index contributed by atoms with van der Waals surface area (Å²) in [6.07, 6.45) is 1.90. The Balaban J connectivity index is 3.28. The minimum absolute atomic E-state index is 0.0226. The number of carboxylic acids is 1. The van der Waals surface area contributed by atoms with E-state index >= 15 is 0 Å². The second-order valence-corrected chi connectivity index (χ2v) is 7.37. The summed E-state index contributed by atoms with van der Waals surface area (Å²) in [5.74, 6) is -0.454. The maximum absolute atomic E-state index is 12.6. The van der Waals surface area contributed by atoms with E-state index in [-0.39, 0.29) is 22.3 Å². The molecule has 1 aromatic rings. The number of aromatic carboxylic acids is 1. The summed E-state index contributed by atoms with van der Waals surface area (Å²) in [6, 6.07) is 3.54. The van der Waals surface area contributed by atoms with Crippen LogP contribution in [0.25, 0.3) is 0 Å². The van der Waals surface area contributed by atoms with Crippen molar-refractivity contribution in [1.29, 1.82) is 0 Å². The lowest BCUT2D eigenvalue weighted by atomic mass is 10.2. The van der Waals surface area contributed by atoms with E-state index < -0.39 is 16.0 Å². The van der Waals surface area contributed by atoms with Gasteiger partial charge < -0.3 is 9.84 Å². The smallest absolute Gasteiger partial charge is 0.335 e. The molecule has 0 saturated heterocycles. The van der Waals surface area contributed by atoms with E-state index in [4.69, 9.17) is 9.84 Å². The van der Waals surface area contributed by atoms with Crippen LogP contribution in [0.15, 0.2) is 23.1 Å². The van der Waals surface area contributed by atoms with Crippen molar-refractivity contribution in [3.63, 3.8) is 0 Å². The van der Waals surface area contributed by atoms with Gasteiger partial charge in [0.1, 0.15) is 10.6 Å². The lowest BCUT2D eigenvalue weighted by Crippen LogP contribution is -2.36. The number of carboxylic acid groups (broad SMARTS) is 1. The largest absolute Gasteiger partial charge is 0.495 e. The number of hydrogen-bond donors (Lipinski definition) is 1. The number of benzene rings is 1. The Labute approximate surface area is 129 Å². The predicted octanol–water partition coefficient (Wildman–Crippen LogP) is 1.77. The van der Waals surface area contributed by atoms with E-state index in [0.717, 1.165) is 0 Å². The van der Waals surface area contributed by atoms with Gasteiger partial charge in [0.2, 0.25) is 10.0 Å². The molecule has 8 heteroatoms. The van der Waals surface area contributed by atoms with Gasteiger partial charge in [-0.15, -0.1) is 0 Å². The second kappa shape index (κ2) is 7.15. The first kappa shape index (κ1) is 17.8. The molecule has 118 valence electrons. The van der Waals surface area contributed by atoms with E-state index in [2.05, 4.69) is 0 Å². The zero-order valence-corrected chi connectivity index (χ0v) is 14.0. The van der Waals surface area contributed by atoms with Crippen molar-refractivity contribution >= 4 is 27.8 Å². The molecular formula is C13H19NO5S2. The zero-order valence-electron chi connectivity index (χ0n) is 12.4. The SMILES string of the molecule is COc1cc(C(=O)O)ccc1S(=O)(=O)N(C)C(C)CSC. The molecule has 6 nitrogen and oxygen atoms in total. The van der Waals surface area contributed by atoms with Crippen LogP contribution in [0.1, 0.15) is 17.3 Å². The molecule has 1 unspecified atom stereocenters. The molecule has 0 spiro atoms. The minimum Gasteiger partial charge on any atom is -0.495 e. The fraction of sp³-hybridized carbons (Fsp3) is 0.462. The quantitative estimate of drug-likeness (QED) is 0.818. The van der Waals surface area contributed by atoms with Crippen LogP contribution in [0.3, 0.4) is 0 Å². The molecule has 0 aliphatic rings. The first-order valence-electron chi connectivity index (χ1n) is 6.14. The summed E-state index contributed by atoms with van der Waals surface area (Å²) in [4.78, 5) is 10.9. The van der Waals surface area contributed by atoms with Gasteiger partial charge in [-0.2, -0.15) is 16.1 Å². The highest BCUT2D eigenvalue weighted by molar-refractivity contribution is 7.98. The fourth-order valence-corrected chi connectivity index (χ4v) is 4.05. The lowest BCUT2D eigenvalue weighted by Gasteiger charge is -2.24. The summed E-state index contributed by atoms with van der Waals surface area (Å²) in [6.45, 7) is 1.81. The van der Waals surface area contributed by atoms with Gasteiger partial charge >= 0.3 is 5.97 Å². The molecule has 1 N–H and O–H groups in total. The Morgan fingerprint density at radius 2 is 2.10 bits per heavy atom. The zero-order chi connectivity index (χ0) is 16.2. The lowest BCUT2D eigenvalue weighted by molar-refractivity contribution is 0.0696. The van der Waals surface area contributed by atoms with E-state index in [1.165, 1.54) is 36.7 Å². The molecule has 0 heterocycles. The molecular weight excluding hydrogens is 314 g/mol. The molecule has 0 saturated carbocycles. The van der Waals surface area contributed by atoms with Gasteiger partial charge in [0, 0.05) is 18.8 Å². The molecule has 1 aromatic carbocycles. The molecule has 0 bridgehead atoms. The Bertz CT molecular complexity index is 615. The van der Waals surface area contributed by atoms with Gasteiger partial charge in [0.15, 0.2) is 0 Å². The first-order chi connectivity index (χ1) is 9.75. The number of nitrogens with zero attached hydrogens (tertiary/aromatic N) is 1. The third kappa shape index (κ3) is 3.90. The number of carbonyl (C=O) groups is 1. The minimum atomic E-state index is -3.74. The fourth-order valence-electron chi connectivity index (χ4n) is 1.75. The number of thioether (sulfide) groups is 1. The summed E-state index contributed by atoms with van der Waals surface area (Å²) < 4.78 is 31.5. The van der Waals surface area contributed by atoms with Crippen LogP contribution >= 0.6 is 11.8 Å². The van der Waals surface area contributed by atoms with E-state index in [1.54, 1.807) is 11.8 Å². The van der Waals surface area contributed by atoms with Crippen LogP contribution in [0.5, 0.6) is 5.75 Å². The topological polar surface area (TPSA) is 83.9 Å². The van der Waals surface area contributed by atoms with Crippen LogP contribution < -0.4 is 4.74 Å². The van der Waals surface area contributed by atoms with Crippen LogP contribution in [-0.2, 0) is 10.0 Å². The van der Waals surface area contributed by atoms with E-state index in [9.17, 15) is 13.2 Å². The maximum Gasteiger partial charge on any atom is 0.335 e. The van der Waals surface area contributed by atoms with Crippen LogP contribution in [0.2, 0.25) is 0 Å². The van der Waals surface area contributed by atoms with Crippen molar-refractivity contribution in [3.05, 3.63) is 23.8 Å². The number of methoxy groups -OCH3 is 1. The molecule has 0 fully saturated rings. The molecule has 0 amide bonds. The van der Waals surface area contributed by atoms with Crippen molar-refractivity contribution < 1.29 is 23.1 Å². The highest BCUT2D eigenvalue weighted by atomic mass is 32.2. The van der Waals surface area contributed by atoms with Gasteiger partial charge in [-0.05, 0) is 31.4 Å². The first-order valence-corrected chi connectivity index (χ1v) is 8.97. The van der Waals surface area contributed by atoms with E-state index in [1.807, 2.05) is 13.2 Å². The number of sulfonamides is 1. The Hall–Kier alpha value is -1.25. The Morgan fingerprint density at radius 1 is 1.48 bits per heavy atom. The number of ether oxygens (including phenoxy) is 1. The van der Waals surface area contributed by atoms with Crippen LogP contribution in [0.4, 0.5) is 0 Å². The number of rotatable bonds is 7. The van der Waals surface area contributed by atoms with Gasteiger partial charge in [-0.25, -0.2) is 13.2 Å². The van der Waals surface area contributed by atoms with Crippen molar-refractivity contribution in [2.45, 2.75) is 17.9 Å². The summed E-state index contributed by atoms with van der Waals surface area (Å²) in [7, 11) is -0.932. The highest BCUT2D eigenvalue weighted by Crippen LogP contribution is 2.28. The molecule has 0 aliphatic carbocycles. The molecule has 0 aromatic heterocycles. The van der Waals surface area contributed by atoms with Crippen LogP contribution in [0, 0.1) is 0 Å². The van der Waals surface area contributed by atoms with Crippen LogP contribution in [-0.4, -0.2) is 56.0 Å². The number of hydrogen-bond acceptors (Lipinski definition) is 5. The monoisotopic (exact) mass is 333 g/mol. The maximum atomic E-state index is 12.6. The van der Waals surface area contributed by atoms with Gasteiger partial charge in [0.25, 0.3) is 0 Å². The second-order valence-electron chi connectivity index (χ2n) is 4.50. The summed E-state index contributed by atoms with van der Waals surface area (Å²) in [5, 5.41) is 8.95. The Morgan fingerprint density at radius 3 is 2.57 bits per heavy atom. The predicted molar refractivity (Wildman–Crippen MR) is 82.7 cm³/mol. The van der Waals surface area contributed by atoms with Gasteiger partial charge in [0.05, 0.1) is 12.7 Å². The normalized spacial score (nSPS) is 13.2. The third-order valence-corrected chi connectivity index (χ3v) is 5.92. The molecule has 1 atom stereocenters. The van der Waals surface area contributed by atoms with Gasteiger partial charge in [-0.1, -0.05) is 0 Å². The van der Waals surface area contributed by atoms with Crippen molar-refractivity contribution in [2.24, 2.45) is 0 Å². The van der Waals surface area contributed by atoms with Crippen molar-refractivity contribution in [2.75, 3.05) is 26.2 Å². The average molecular weight is 333 g/mol. The highest BCUT2D eigenvalue weighted by Gasteiger charge is 2.28.